The maximum atomic E-state index is 13.5. The van der Waals surface area contributed by atoms with Gasteiger partial charge in [0.15, 0.2) is 0 Å². The van der Waals surface area contributed by atoms with Gasteiger partial charge in [-0.15, -0.1) is 0 Å². The lowest BCUT2D eigenvalue weighted by molar-refractivity contribution is 0.146. The van der Waals surface area contributed by atoms with E-state index in [1.54, 1.807) is 6.92 Å². The van der Waals surface area contributed by atoms with Crippen molar-refractivity contribution < 1.29 is 18.3 Å². The van der Waals surface area contributed by atoms with E-state index >= 15 is 0 Å². The van der Waals surface area contributed by atoms with E-state index < -0.39 is 17.7 Å². The lowest BCUT2D eigenvalue weighted by atomic mass is 10.0. The fourth-order valence-corrected chi connectivity index (χ4v) is 2.15. The lowest BCUT2D eigenvalue weighted by Crippen LogP contribution is -2.43. The molecule has 0 aliphatic carbocycles. The molecule has 0 aliphatic heterocycles. The Morgan fingerprint density at radius 2 is 2.05 bits per heavy atom. The first-order chi connectivity index (χ1) is 10.4. The average Bonchev–Trinajstić information content (AvgIpc) is 2.40. The number of nitrogens with one attached hydrogen (secondary N) is 2. The summed E-state index contributed by atoms with van der Waals surface area (Å²) in [5.74, 6) is -0.773. The molecule has 1 rings (SSSR count). The number of hydrogen-bond donors (Lipinski definition) is 2. The smallest absolute Gasteiger partial charge is 0.407 e. The van der Waals surface area contributed by atoms with Gasteiger partial charge in [-0.1, -0.05) is 19.9 Å². The molecule has 22 heavy (non-hydrogen) atoms. The predicted octanol–water partition coefficient (Wildman–Crippen LogP) is 3.22. The minimum absolute atomic E-state index is 0.109. The van der Waals surface area contributed by atoms with Crippen LogP contribution < -0.4 is 10.6 Å². The summed E-state index contributed by atoms with van der Waals surface area (Å²) >= 11 is 0. The van der Waals surface area contributed by atoms with E-state index in [4.69, 9.17) is 4.74 Å². The molecule has 0 saturated carbocycles. The van der Waals surface area contributed by atoms with Crippen LogP contribution in [0.15, 0.2) is 18.2 Å². The molecular formula is C16H24F2N2O2. The van der Waals surface area contributed by atoms with Gasteiger partial charge in [0.05, 0.1) is 6.61 Å². The Labute approximate surface area is 130 Å². The first-order valence-corrected chi connectivity index (χ1v) is 7.50. The molecule has 6 heteroatoms. The predicted molar refractivity (Wildman–Crippen MR) is 81.5 cm³/mol. The topological polar surface area (TPSA) is 50.4 Å². The summed E-state index contributed by atoms with van der Waals surface area (Å²) in [5.41, 5.74) is 0.390. The normalized spacial score (nSPS) is 12.3. The minimum atomic E-state index is -0.595. The van der Waals surface area contributed by atoms with Gasteiger partial charge in [0.1, 0.15) is 11.6 Å². The Hall–Kier alpha value is -1.69. The monoisotopic (exact) mass is 314 g/mol. The molecule has 0 radical (unpaired) electrons. The molecule has 0 saturated heterocycles. The summed E-state index contributed by atoms with van der Waals surface area (Å²) in [6.07, 6.45) is 0.320. The number of rotatable bonds is 8. The number of ether oxygens (including phenoxy) is 1. The van der Waals surface area contributed by atoms with Crippen LogP contribution in [-0.2, 0) is 11.3 Å². The summed E-state index contributed by atoms with van der Waals surface area (Å²) in [6.45, 7) is 6.92. The number of carbonyl (C=O) groups excluding carboxylic acids is 1. The fraction of sp³-hybridized carbons (Fsp3) is 0.562. The molecule has 0 heterocycles. The van der Waals surface area contributed by atoms with Crippen molar-refractivity contribution in [1.29, 1.82) is 0 Å². The molecule has 4 nitrogen and oxygen atoms in total. The number of halogens is 2. The Morgan fingerprint density at radius 1 is 1.32 bits per heavy atom. The molecule has 2 N–H and O–H groups in total. The zero-order valence-electron chi connectivity index (χ0n) is 13.3. The van der Waals surface area contributed by atoms with Crippen LogP contribution in [0.25, 0.3) is 0 Å². The van der Waals surface area contributed by atoms with Gasteiger partial charge in [0.25, 0.3) is 0 Å². The van der Waals surface area contributed by atoms with Gasteiger partial charge in [-0.2, -0.15) is 0 Å². The average molecular weight is 314 g/mol. The molecule has 0 aromatic heterocycles. The highest BCUT2D eigenvalue weighted by atomic mass is 19.1. The first-order valence-electron chi connectivity index (χ1n) is 7.50. The van der Waals surface area contributed by atoms with Gasteiger partial charge in [-0.3, -0.25) is 0 Å². The van der Waals surface area contributed by atoms with Crippen molar-refractivity contribution in [1.82, 2.24) is 10.6 Å². The second-order valence-electron chi connectivity index (χ2n) is 5.56. The van der Waals surface area contributed by atoms with Crippen LogP contribution in [0.4, 0.5) is 13.6 Å². The van der Waals surface area contributed by atoms with E-state index in [0.29, 0.717) is 24.6 Å². The van der Waals surface area contributed by atoms with Crippen LogP contribution in [0.2, 0.25) is 0 Å². The molecule has 0 aliphatic rings. The van der Waals surface area contributed by atoms with Crippen molar-refractivity contribution in [2.45, 2.75) is 39.8 Å². The highest BCUT2D eigenvalue weighted by molar-refractivity contribution is 5.67. The van der Waals surface area contributed by atoms with Crippen LogP contribution in [-0.4, -0.2) is 25.3 Å². The minimum Gasteiger partial charge on any atom is -0.450 e. The quantitative estimate of drug-likeness (QED) is 0.774. The molecule has 0 unspecified atom stereocenters. The van der Waals surface area contributed by atoms with Crippen molar-refractivity contribution >= 4 is 6.09 Å². The standard InChI is InChI=1S/C16H24F2N2O2/c1-4-22-16(21)20-14(7-11(2)3)10-19-9-12-5-6-13(17)8-15(12)18/h5-6,8,11,14,19H,4,7,9-10H2,1-3H3,(H,20,21)/t14-/m0/s1. The maximum Gasteiger partial charge on any atom is 0.407 e. The zero-order chi connectivity index (χ0) is 16.5. The Bertz CT molecular complexity index is 481. The van der Waals surface area contributed by atoms with E-state index in [1.165, 1.54) is 12.1 Å². The molecule has 124 valence electrons. The largest absolute Gasteiger partial charge is 0.450 e. The summed E-state index contributed by atoms with van der Waals surface area (Å²) in [5, 5.41) is 5.86. The third-order valence-electron chi connectivity index (χ3n) is 3.07. The van der Waals surface area contributed by atoms with Crippen LogP contribution in [0, 0.1) is 17.6 Å². The SMILES string of the molecule is CCOC(=O)N[C@H](CNCc1ccc(F)cc1F)CC(C)C. The zero-order valence-corrected chi connectivity index (χ0v) is 13.3. The molecule has 0 spiro atoms. The molecule has 1 aromatic rings. The number of benzene rings is 1. The Balaban J connectivity index is 2.49. The first kappa shape index (κ1) is 18.4. The van der Waals surface area contributed by atoms with Crippen LogP contribution in [0.5, 0.6) is 0 Å². The number of carbonyl (C=O) groups is 1. The van der Waals surface area contributed by atoms with Gasteiger partial charge in [0, 0.05) is 30.8 Å². The second kappa shape index (κ2) is 9.35. The van der Waals surface area contributed by atoms with Crippen molar-refractivity contribution in [3.63, 3.8) is 0 Å². The molecule has 1 aromatic carbocycles. The third-order valence-corrected chi connectivity index (χ3v) is 3.07. The van der Waals surface area contributed by atoms with E-state index in [2.05, 4.69) is 24.5 Å². The van der Waals surface area contributed by atoms with Crippen molar-refractivity contribution in [2.75, 3.05) is 13.2 Å². The van der Waals surface area contributed by atoms with Gasteiger partial charge in [-0.25, -0.2) is 13.6 Å². The van der Waals surface area contributed by atoms with Crippen molar-refractivity contribution in [2.24, 2.45) is 5.92 Å². The van der Waals surface area contributed by atoms with E-state index in [9.17, 15) is 13.6 Å². The summed E-state index contributed by atoms with van der Waals surface area (Å²) < 4.78 is 31.2. The van der Waals surface area contributed by atoms with Crippen molar-refractivity contribution in [3.8, 4) is 0 Å². The number of alkyl carbamates (subject to hydrolysis) is 1. The van der Waals surface area contributed by atoms with E-state index in [0.717, 1.165) is 12.5 Å². The third kappa shape index (κ3) is 6.85. The summed E-state index contributed by atoms with van der Waals surface area (Å²) in [7, 11) is 0. The number of amides is 1. The van der Waals surface area contributed by atoms with Gasteiger partial charge >= 0.3 is 6.09 Å². The van der Waals surface area contributed by atoms with E-state index in [-0.39, 0.29) is 12.6 Å². The highest BCUT2D eigenvalue weighted by Gasteiger charge is 2.14. The number of hydrogen-bond acceptors (Lipinski definition) is 3. The van der Waals surface area contributed by atoms with Crippen LogP contribution in [0.1, 0.15) is 32.8 Å². The second-order valence-corrected chi connectivity index (χ2v) is 5.56. The molecule has 0 bridgehead atoms. The summed E-state index contributed by atoms with van der Waals surface area (Å²) in [6, 6.07) is 3.39. The van der Waals surface area contributed by atoms with E-state index in [1.807, 2.05) is 0 Å². The Kier molecular flexibility index (Phi) is 7.80. The molecule has 1 amide bonds. The van der Waals surface area contributed by atoms with Crippen LogP contribution >= 0.6 is 0 Å². The van der Waals surface area contributed by atoms with Gasteiger partial charge < -0.3 is 15.4 Å². The lowest BCUT2D eigenvalue weighted by Gasteiger charge is -2.21. The molecular weight excluding hydrogens is 290 g/mol. The highest BCUT2D eigenvalue weighted by Crippen LogP contribution is 2.09. The maximum absolute atomic E-state index is 13.5. The Morgan fingerprint density at radius 3 is 2.64 bits per heavy atom. The summed E-state index contributed by atoms with van der Waals surface area (Å²) in [4.78, 5) is 11.5. The van der Waals surface area contributed by atoms with Gasteiger partial charge in [0.2, 0.25) is 0 Å². The molecule has 1 atom stereocenters. The van der Waals surface area contributed by atoms with Crippen molar-refractivity contribution in [3.05, 3.63) is 35.4 Å². The fourth-order valence-electron chi connectivity index (χ4n) is 2.15. The van der Waals surface area contributed by atoms with Crippen LogP contribution in [0.3, 0.4) is 0 Å². The molecule has 0 fully saturated rings. The van der Waals surface area contributed by atoms with Gasteiger partial charge in [-0.05, 0) is 25.3 Å².